The number of nitrogens with one attached hydrogen (secondary N) is 1. The predicted octanol–water partition coefficient (Wildman–Crippen LogP) is 3.10. The molecule has 2 saturated heterocycles. The van der Waals surface area contributed by atoms with Crippen LogP contribution in [0.2, 0.25) is 0 Å². The number of hydrogen-bond acceptors (Lipinski definition) is 11. The van der Waals surface area contributed by atoms with Crippen molar-refractivity contribution in [1.29, 1.82) is 0 Å². The fraction of sp³-hybridized carbons (Fsp3) is 0.500. The van der Waals surface area contributed by atoms with E-state index in [2.05, 4.69) is 5.32 Å². The third kappa shape index (κ3) is 8.34. The van der Waals surface area contributed by atoms with Crippen molar-refractivity contribution in [3.05, 3.63) is 72.3 Å². The third-order valence-electron chi connectivity index (χ3n) is 9.54. The first kappa shape index (κ1) is 38.2. The Balaban J connectivity index is 1.14. The maximum absolute atomic E-state index is 14.0. The predicted molar refractivity (Wildman–Crippen MR) is 190 cm³/mol. The zero-order valence-corrected chi connectivity index (χ0v) is 30.5. The smallest absolute Gasteiger partial charge is 0.246 e. The molecule has 0 aliphatic carbocycles. The van der Waals surface area contributed by atoms with E-state index in [1.54, 1.807) is 24.3 Å². The van der Waals surface area contributed by atoms with Gasteiger partial charge in [-0.25, -0.2) is 16.8 Å². The molecule has 2 aliphatic rings. The minimum atomic E-state index is -3.86. The standard InChI is InChI=1S/C36H49N3O9S2/c1-4-46-33-13-12-28(27-10-8-26(21-37)9-11-27)18-34(33)50(44,45)39-16-14-36(15-17-39)20-29(23-48-36)38-22-30(41)24-47-31-6-5-7-32(19-31)49(42,43)35(2,3)25-40/h5-13,18-19,29-30,38,40-41H,4,14-17,20-25,37H2,1-3H3/t29-,30?/m0/s1. The fourth-order valence-electron chi connectivity index (χ4n) is 6.28. The Morgan fingerprint density at radius 3 is 2.38 bits per heavy atom. The summed E-state index contributed by atoms with van der Waals surface area (Å²) in [6.45, 7) is 6.17. The van der Waals surface area contributed by atoms with Crippen LogP contribution in [-0.2, 0) is 31.1 Å². The molecule has 0 amide bonds. The van der Waals surface area contributed by atoms with Gasteiger partial charge in [-0.2, -0.15) is 4.31 Å². The van der Waals surface area contributed by atoms with Crippen LogP contribution in [0.1, 0.15) is 45.6 Å². The quantitative estimate of drug-likeness (QED) is 0.181. The minimum absolute atomic E-state index is 0.0334. The number of aliphatic hydroxyl groups is 2. The molecule has 2 aliphatic heterocycles. The van der Waals surface area contributed by atoms with E-state index in [4.69, 9.17) is 19.9 Å². The lowest BCUT2D eigenvalue weighted by Crippen LogP contribution is -2.47. The van der Waals surface area contributed by atoms with E-state index in [-0.39, 0.29) is 29.0 Å². The number of sulfone groups is 1. The lowest BCUT2D eigenvalue weighted by atomic mass is 9.88. The molecule has 0 aromatic heterocycles. The molecule has 0 radical (unpaired) electrons. The molecule has 1 spiro atoms. The van der Waals surface area contributed by atoms with Gasteiger partial charge in [0.2, 0.25) is 10.0 Å². The van der Waals surface area contributed by atoms with Gasteiger partial charge in [-0.3, -0.25) is 0 Å². The van der Waals surface area contributed by atoms with Crippen molar-refractivity contribution in [2.75, 3.05) is 46.1 Å². The average Bonchev–Trinajstić information content (AvgIpc) is 3.52. The molecular formula is C36H49N3O9S2. The van der Waals surface area contributed by atoms with Gasteiger partial charge >= 0.3 is 0 Å². The molecule has 5 rings (SSSR count). The van der Waals surface area contributed by atoms with Gasteiger partial charge < -0.3 is 35.5 Å². The summed E-state index contributed by atoms with van der Waals surface area (Å²) in [5.74, 6) is 0.618. The maximum atomic E-state index is 14.0. The summed E-state index contributed by atoms with van der Waals surface area (Å²) in [6, 6.07) is 19.0. The van der Waals surface area contributed by atoms with Gasteiger partial charge in [0, 0.05) is 32.2 Å². The van der Waals surface area contributed by atoms with Crippen LogP contribution in [0.3, 0.4) is 0 Å². The summed E-state index contributed by atoms with van der Waals surface area (Å²) in [6.07, 6.45) is 0.869. The second-order valence-electron chi connectivity index (χ2n) is 13.6. The Hall–Kier alpha value is -3.08. The summed E-state index contributed by atoms with van der Waals surface area (Å²) in [5, 5.41) is 23.5. The monoisotopic (exact) mass is 731 g/mol. The van der Waals surface area contributed by atoms with Crippen LogP contribution >= 0.6 is 0 Å². The average molecular weight is 732 g/mol. The van der Waals surface area contributed by atoms with Crippen LogP contribution in [0, 0.1) is 0 Å². The number of piperidine rings is 1. The van der Waals surface area contributed by atoms with Crippen molar-refractivity contribution in [3.8, 4) is 22.6 Å². The number of aliphatic hydroxyl groups excluding tert-OH is 2. The van der Waals surface area contributed by atoms with Crippen molar-refractivity contribution in [2.24, 2.45) is 5.73 Å². The second kappa shape index (κ2) is 15.7. The van der Waals surface area contributed by atoms with Gasteiger partial charge in [0.15, 0.2) is 9.84 Å². The zero-order valence-electron chi connectivity index (χ0n) is 28.9. The summed E-state index contributed by atoms with van der Waals surface area (Å²) < 4.78 is 71.6. The highest BCUT2D eigenvalue weighted by Gasteiger charge is 2.45. The lowest BCUT2D eigenvalue weighted by molar-refractivity contribution is -0.0312. The molecule has 50 heavy (non-hydrogen) atoms. The van der Waals surface area contributed by atoms with Gasteiger partial charge in [-0.15, -0.1) is 0 Å². The highest BCUT2D eigenvalue weighted by molar-refractivity contribution is 7.92. The van der Waals surface area contributed by atoms with Crippen molar-refractivity contribution in [2.45, 2.75) is 78.9 Å². The maximum Gasteiger partial charge on any atom is 0.246 e. The van der Waals surface area contributed by atoms with Gasteiger partial charge in [-0.1, -0.05) is 36.4 Å². The molecule has 0 bridgehead atoms. The first-order valence-corrected chi connectivity index (χ1v) is 19.9. The number of nitrogens with zero attached hydrogens (tertiary/aromatic N) is 1. The number of rotatable bonds is 15. The van der Waals surface area contributed by atoms with E-state index in [1.165, 1.54) is 30.3 Å². The number of hydrogen-bond donors (Lipinski definition) is 4. The van der Waals surface area contributed by atoms with Gasteiger partial charge in [0.25, 0.3) is 0 Å². The zero-order chi connectivity index (χ0) is 36.2. The Kier molecular flexibility index (Phi) is 12.0. The van der Waals surface area contributed by atoms with E-state index in [0.717, 1.165) is 16.7 Å². The van der Waals surface area contributed by atoms with E-state index in [1.807, 2.05) is 37.3 Å². The normalized spacial score (nSPS) is 19.0. The van der Waals surface area contributed by atoms with E-state index >= 15 is 0 Å². The Morgan fingerprint density at radius 1 is 1.02 bits per heavy atom. The number of nitrogens with two attached hydrogens (primary N) is 1. The van der Waals surface area contributed by atoms with Crippen LogP contribution in [0.15, 0.2) is 76.5 Å². The lowest BCUT2D eigenvalue weighted by Gasteiger charge is -2.38. The molecule has 0 saturated carbocycles. The van der Waals surface area contributed by atoms with Crippen LogP contribution in [0.5, 0.6) is 11.5 Å². The molecule has 2 heterocycles. The SMILES string of the molecule is CCOc1ccc(-c2ccc(CN)cc2)cc1S(=O)(=O)N1CCC2(CC1)C[C@H](NCC(O)COc1cccc(S(=O)(=O)C(C)(C)CO)c1)CO2. The molecule has 3 aromatic rings. The van der Waals surface area contributed by atoms with E-state index in [0.29, 0.717) is 63.6 Å². The summed E-state index contributed by atoms with van der Waals surface area (Å²) >= 11 is 0. The van der Waals surface area contributed by atoms with Crippen LogP contribution < -0.4 is 20.5 Å². The van der Waals surface area contributed by atoms with Crippen molar-refractivity contribution in [1.82, 2.24) is 9.62 Å². The Bertz CT molecular complexity index is 1830. The number of ether oxygens (including phenoxy) is 3. The molecule has 274 valence electrons. The van der Waals surface area contributed by atoms with Crippen molar-refractivity contribution >= 4 is 19.9 Å². The molecule has 3 aromatic carbocycles. The highest BCUT2D eigenvalue weighted by Crippen LogP contribution is 2.39. The van der Waals surface area contributed by atoms with Crippen LogP contribution in [0.25, 0.3) is 11.1 Å². The largest absolute Gasteiger partial charge is 0.492 e. The van der Waals surface area contributed by atoms with Gasteiger partial charge in [0.05, 0.1) is 35.1 Å². The van der Waals surface area contributed by atoms with Gasteiger partial charge in [0.1, 0.15) is 29.1 Å². The summed E-state index contributed by atoms with van der Waals surface area (Å²) in [4.78, 5) is 0.173. The van der Waals surface area contributed by atoms with E-state index in [9.17, 15) is 27.0 Å². The molecule has 5 N–H and O–H groups in total. The summed E-state index contributed by atoms with van der Waals surface area (Å²) in [5.41, 5.74) is 7.93. The summed E-state index contributed by atoms with van der Waals surface area (Å²) in [7, 11) is -7.66. The molecule has 2 fully saturated rings. The van der Waals surface area contributed by atoms with Crippen molar-refractivity contribution < 1.29 is 41.3 Å². The first-order valence-electron chi connectivity index (χ1n) is 16.9. The second-order valence-corrected chi connectivity index (χ2v) is 18.1. The minimum Gasteiger partial charge on any atom is -0.492 e. The molecule has 2 atom stereocenters. The Morgan fingerprint density at radius 2 is 1.72 bits per heavy atom. The van der Waals surface area contributed by atoms with E-state index < -0.39 is 42.9 Å². The topological polar surface area (TPSA) is 178 Å². The molecular weight excluding hydrogens is 683 g/mol. The molecule has 12 nitrogen and oxygen atoms in total. The van der Waals surface area contributed by atoms with Crippen LogP contribution in [-0.4, -0.2) is 99.9 Å². The Labute approximate surface area is 295 Å². The third-order valence-corrected chi connectivity index (χ3v) is 13.9. The molecule has 1 unspecified atom stereocenters. The first-order chi connectivity index (χ1) is 23.7. The van der Waals surface area contributed by atoms with Crippen molar-refractivity contribution in [3.63, 3.8) is 0 Å². The number of sulfonamides is 1. The molecule has 14 heteroatoms. The number of benzene rings is 3. The fourth-order valence-corrected chi connectivity index (χ4v) is 9.22. The van der Waals surface area contributed by atoms with Gasteiger partial charge in [-0.05, 0) is 87.1 Å². The van der Waals surface area contributed by atoms with Crippen LogP contribution in [0.4, 0.5) is 0 Å². The highest BCUT2D eigenvalue weighted by atomic mass is 32.2.